The Morgan fingerprint density at radius 1 is 1.14 bits per heavy atom. The van der Waals surface area contributed by atoms with Gasteiger partial charge in [0, 0.05) is 45.2 Å². The van der Waals surface area contributed by atoms with E-state index in [0.717, 1.165) is 43.9 Å². The summed E-state index contributed by atoms with van der Waals surface area (Å²) in [6.07, 6.45) is 7.20. The molecule has 7 nitrogen and oxygen atoms in total. The highest BCUT2D eigenvalue weighted by atomic mass is 16.5. The molecule has 0 radical (unpaired) electrons. The lowest BCUT2D eigenvalue weighted by atomic mass is 9.99. The van der Waals surface area contributed by atoms with E-state index in [1.807, 2.05) is 29.2 Å². The molecule has 156 valence electrons. The fraction of sp³-hybridized carbons (Fsp3) is 0.545. The Morgan fingerprint density at radius 2 is 1.97 bits per heavy atom. The van der Waals surface area contributed by atoms with E-state index >= 15 is 0 Å². The second-order valence-electron chi connectivity index (χ2n) is 7.89. The fourth-order valence-electron chi connectivity index (χ4n) is 4.01. The maximum Gasteiger partial charge on any atom is 0.236 e. The third-order valence-corrected chi connectivity index (χ3v) is 5.61. The number of amides is 1. The number of nitrogens with zero attached hydrogens (tertiary/aromatic N) is 3. The van der Waals surface area contributed by atoms with Crippen LogP contribution in [0.3, 0.4) is 0 Å². The van der Waals surface area contributed by atoms with E-state index in [9.17, 15) is 4.79 Å². The predicted octanol–water partition coefficient (Wildman–Crippen LogP) is 2.33. The molecule has 2 aliphatic rings. The minimum absolute atomic E-state index is 0.0515. The normalized spacial score (nSPS) is 22.0. The van der Waals surface area contributed by atoms with Gasteiger partial charge in [-0.05, 0) is 48.6 Å². The third kappa shape index (κ3) is 5.88. The van der Waals surface area contributed by atoms with E-state index in [2.05, 4.69) is 9.88 Å². The van der Waals surface area contributed by atoms with Crippen LogP contribution in [0.5, 0.6) is 0 Å². The Balaban J connectivity index is 1.42. The Kier molecular flexibility index (Phi) is 6.92. The quantitative estimate of drug-likeness (QED) is 0.712. The molecule has 7 heteroatoms. The highest BCUT2D eigenvalue weighted by Crippen LogP contribution is 2.20. The van der Waals surface area contributed by atoms with Gasteiger partial charge in [0.15, 0.2) is 0 Å². The number of hydrogen-bond acceptors (Lipinski definition) is 6. The van der Waals surface area contributed by atoms with Crippen LogP contribution in [0.1, 0.15) is 24.2 Å². The molecule has 1 atom stereocenters. The Morgan fingerprint density at radius 3 is 2.72 bits per heavy atom. The van der Waals surface area contributed by atoms with Gasteiger partial charge in [-0.25, -0.2) is 0 Å². The molecular weight excluding hydrogens is 370 g/mol. The van der Waals surface area contributed by atoms with E-state index in [4.69, 9.17) is 13.9 Å². The Bertz CT molecular complexity index is 747. The van der Waals surface area contributed by atoms with Gasteiger partial charge in [-0.2, -0.15) is 0 Å². The minimum Gasteiger partial charge on any atom is -0.468 e. The largest absolute Gasteiger partial charge is 0.468 e. The number of hydrogen-bond donors (Lipinski definition) is 0. The van der Waals surface area contributed by atoms with Gasteiger partial charge in [-0.1, -0.05) is 0 Å². The molecule has 0 saturated carbocycles. The molecule has 1 unspecified atom stereocenters. The third-order valence-electron chi connectivity index (χ3n) is 5.61. The monoisotopic (exact) mass is 399 g/mol. The van der Waals surface area contributed by atoms with Crippen LogP contribution in [-0.2, 0) is 27.4 Å². The van der Waals surface area contributed by atoms with Gasteiger partial charge in [-0.15, -0.1) is 0 Å². The molecule has 0 bridgehead atoms. The Hall–Kier alpha value is -2.22. The summed E-state index contributed by atoms with van der Waals surface area (Å²) < 4.78 is 17.2. The molecule has 0 aromatic carbocycles. The van der Waals surface area contributed by atoms with E-state index in [-0.39, 0.29) is 12.0 Å². The molecule has 0 N–H and O–H groups in total. The van der Waals surface area contributed by atoms with Crippen LogP contribution in [0.25, 0.3) is 0 Å². The number of rotatable bonds is 7. The van der Waals surface area contributed by atoms with Crippen LogP contribution in [0, 0.1) is 5.92 Å². The van der Waals surface area contributed by atoms with Crippen molar-refractivity contribution in [1.29, 1.82) is 0 Å². The van der Waals surface area contributed by atoms with Gasteiger partial charge in [-0.3, -0.25) is 14.7 Å². The second kappa shape index (κ2) is 10.0. The van der Waals surface area contributed by atoms with Crippen molar-refractivity contribution in [3.8, 4) is 0 Å². The first kappa shape index (κ1) is 20.1. The van der Waals surface area contributed by atoms with Crippen LogP contribution in [-0.4, -0.2) is 66.2 Å². The van der Waals surface area contributed by atoms with Crippen LogP contribution in [0.2, 0.25) is 0 Å². The van der Waals surface area contributed by atoms with Gasteiger partial charge in [0.25, 0.3) is 0 Å². The SMILES string of the molecule is O=C1CN(Cc2ccco2)CC(OCc2ccncc2)CN1CC1CCOCC1. The van der Waals surface area contributed by atoms with Crippen LogP contribution >= 0.6 is 0 Å². The summed E-state index contributed by atoms with van der Waals surface area (Å²) >= 11 is 0. The molecule has 0 aliphatic carbocycles. The van der Waals surface area contributed by atoms with Crippen molar-refractivity contribution in [3.63, 3.8) is 0 Å². The number of carbonyl (C=O) groups excluding carboxylic acids is 1. The first-order valence-electron chi connectivity index (χ1n) is 10.4. The summed E-state index contributed by atoms with van der Waals surface area (Å²) in [5.74, 6) is 1.53. The highest BCUT2D eigenvalue weighted by molar-refractivity contribution is 5.78. The molecule has 2 aliphatic heterocycles. The lowest BCUT2D eigenvalue weighted by molar-refractivity contribution is -0.133. The molecule has 2 aromatic rings. The molecule has 4 heterocycles. The van der Waals surface area contributed by atoms with E-state index in [1.165, 1.54) is 0 Å². The summed E-state index contributed by atoms with van der Waals surface area (Å²) in [7, 11) is 0. The summed E-state index contributed by atoms with van der Waals surface area (Å²) in [5.41, 5.74) is 1.09. The number of carbonyl (C=O) groups is 1. The van der Waals surface area contributed by atoms with Crippen LogP contribution < -0.4 is 0 Å². The maximum atomic E-state index is 13.0. The van der Waals surface area contributed by atoms with Crippen molar-refractivity contribution < 1.29 is 18.7 Å². The minimum atomic E-state index is -0.0515. The zero-order chi connectivity index (χ0) is 19.9. The lowest BCUT2D eigenvalue weighted by Gasteiger charge is -2.30. The van der Waals surface area contributed by atoms with Crippen molar-refractivity contribution in [3.05, 3.63) is 54.2 Å². The molecular formula is C22H29N3O4. The lowest BCUT2D eigenvalue weighted by Crippen LogP contribution is -2.42. The Labute approximate surface area is 171 Å². The van der Waals surface area contributed by atoms with Gasteiger partial charge >= 0.3 is 0 Å². The fourth-order valence-corrected chi connectivity index (χ4v) is 4.01. The van der Waals surface area contributed by atoms with E-state index in [1.54, 1.807) is 18.7 Å². The molecule has 2 fully saturated rings. The summed E-state index contributed by atoms with van der Waals surface area (Å²) in [6.45, 7) is 5.20. The van der Waals surface area contributed by atoms with Crippen molar-refractivity contribution in [2.24, 2.45) is 5.92 Å². The number of aromatic nitrogens is 1. The highest BCUT2D eigenvalue weighted by Gasteiger charge is 2.30. The van der Waals surface area contributed by atoms with Gasteiger partial charge < -0.3 is 18.8 Å². The number of ether oxygens (including phenoxy) is 2. The van der Waals surface area contributed by atoms with Crippen molar-refractivity contribution in [2.75, 3.05) is 39.4 Å². The second-order valence-corrected chi connectivity index (χ2v) is 7.89. The molecule has 2 saturated heterocycles. The van der Waals surface area contributed by atoms with E-state index < -0.39 is 0 Å². The first-order chi connectivity index (χ1) is 14.3. The van der Waals surface area contributed by atoms with Crippen LogP contribution in [0.15, 0.2) is 47.3 Å². The van der Waals surface area contributed by atoms with Gasteiger partial charge in [0.05, 0.1) is 32.1 Å². The summed E-state index contributed by atoms with van der Waals surface area (Å²) in [5, 5.41) is 0. The van der Waals surface area contributed by atoms with Crippen molar-refractivity contribution in [2.45, 2.75) is 32.1 Å². The standard InChI is InChI=1S/C22H29N3O4/c26-22-16-24(13-20-2-1-9-28-20)14-21(29-17-19-3-7-23-8-4-19)15-25(22)12-18-5-10-27-11-6-18/h1-4,7-9,18,21H,5-6,10-17H2. The van der Waals surface area contributed by atoms with Gasteiger partial charge in [0.2, 0.25) is 5.91 Å². The number of pyridine rings is 1. The van der Waals surface area contributed by atoms with Crippen LogP contribution in [0.4, 0.5) is 0 Å². The smallest absolute Gasteiger partial charge is 0.236 e. The molecule has 2 aromatic heterocycles. The van der Waals surface area contributed by atoms with Crippen molar-refractivity contribution >= 4 is 5.91 Å². The average Bonchev–Trinajstić information content (AvgIpc) is 3.20. The van der Waals surface area contributed by atoms with Crippen molar-refractivity contribution in [1.82, 2.24) is 14.8 Å². The molecule has 0 spiro atoms. The molecule has 29 heavy (non-hydrogen) atoms. The maximum absolute atomic E-state index is 13.0. The zero-order valence-corrected chi connectivity index (χ0v) is 16.7. The summed E-state index contributed by atoms with van der Waals surface area (Å²) in [6, 6.07) is 7.75. The van der Waals surface area contributed by atoms with Gasteiger partial charge in [0.1, 0.15) is 5.76 Å². The molecule has 4 rings (SSSR count). The zero-order valence-electron chi connectivity index (χ0n) is 16.7. The summed E-state index contributed by atoms with van der Waals surface area (Å²) in [4.78, 5) is 21.2. The average molecular weight is 399 g/mol. The first-order valence-corrected chi connectivity index (χ1v) is 10.4. The topological polar surface area (TPSA) is 68.0 Å². The van der Waals surface area contributed by atoms with E-state index in [0.29, 0.717) is 38.7 Å². The predicted molar refractivity (Wildman–Crippen MR) is 107 cm³/mol. The molecule has 1 amide bonds. The number of furan rings is 1.